The molecule has 2 saturated heterocycles. The molecule has 6 nitrogen and oxygen atoms in total. The smallest absolute Gasteiger partial charge is 0.225 e. The molecule has 2 fully saturated rings. The van der Waals surface area contributed by atoms with Crippen molar-refractivity contribution in [1.82, 2.24) is 4.90 Å². The number of amidine groups is 1. The Morgan fingerprint density at radius 1 is 1.32 bits per heavy atom. The normalized spacial score (nSPS) is 29.3. The maximum atomic E-state index is 12.4. The van der Waals surface area contributed by atoms with E-state index in [0.29, 0.717) is 13.0 Å². The van der Waals surface area contributed by atoms with Gasteiger partial charge in [-0.15, -0.1) is 0 Å². The topological polar surface area (TPSA) is 88.2 Å². The highest BCUT2D eigenvalue weighted by molar-refractivity contribution is 5.90. The number of carbonyl (C=O) groups is 1. The first-order chi connectivity index (χ1) is 9.22. The van der Waals surface area contributed by atoms with Crippen LogP contribution in [0.5, 0.6) is 0 Å². The average molecular weight is 269 g/mol. The molecule has 2 aliphatic rings. The quantitative estimate of drug-likeness (QED) is 0.347. The SMILES string of the molecule is NC(=NO)C1CCCCN1C(=O)CC1CCCCO1. The Labute approximate surface area is 113 Å². The number of likely N-dealkylation sites (tertiary alicyclic amines) is 1. The zero-order valence-corrected chi connectivity index (χ0v) is 11.3. The maximum absolute atomic E-state index is 12.4. The van der Waals surface area contributed by atoms with Crippen LogP contribution in [-0.4, -0.2) is 47.1 Å². The molecule has 0 aromatic carbocycles. The van der Waals surface area contributed by atoms with Gasteiger partial charge in [0.15, 0.2) is 5.84 Å². The molecular weight excluding hydrogens is 246 g/mol. The lowest BCUT2D eigenvalue weighted by Crippen LogP contribution is -2.51. The molecule has 0 aromatic rings. The third kappa shape index (κ3) is 3.59. The lowest BCUT2D eigenvalue weighted by atomic mass is 9.99. The van der Waals surface area contributed by atoms with Crippen LogP contribution in [-0.2, 0) is 9.53 Å². The van der Waals surface area contributed by atoms with E-state index < -0.39 is 0 Å². The van der Waals surface area contributed by atoms with E-state index in [4.69, 9.17) is 15.7 Å². The second-order valence-electron chi connectivity index (χ2n) is 5.32. The molecule has 2 rings (SSSR count). The molecule has 0 bridgehead atoms. The van der Waals surface area contributed by atoms with Gasteiger partial charge in [-0.3, -0.25) is 4.79 Å². The molecule has 3 N–H and O–H groups in total. The van der Waals surface area contributed by atoms with Gasteiger partial charge in [-0.1, -0.05) is 5.16 Å². The van der Waals surface area contributed by atoms with Gasteiger partial charge in [0.1, 0.15) is 0 Å². The van der Waals surface area contributed by atoms with Crippen molar-refractivity contribution in [2.45, 2.75) is 57.1 Å². The molecule has 2 aliphatic heterocycles. The number of ether oxygens (including phenoxy) is 1. The molecule has 1 amide bonds. The lowest BCUT2D eigenvalue weighted by molar-refractivity contribution is -0.137. The van der Waals surface area contributed by atoms with Crippen molar-refractivity contribution in [3.8, 4) is 0 Å². The first kappa shape index (κ1) is 14.1. The van der Waals surface area contributed by atoms with Crippen LogP contribution < -0.4 is 5.73 Å². The summed E-state index contributed by atoms with van der Waals surface area (Å²) in [5, 5.41) is 11.9. The highest BCUT2D eigenvalue weighted by Gasteiger charge is 2.31. The van der Waals surface area contributed by atoms with E-state index in [2.05, 4.69) is 5.16 Å². The number of nitrogens with two attached hydrogens (primary N) is 1. The second-order valence-corrected chi connectivity index (χ2v) is 5.32. The third-order valence-corrected chi connectivity index (χ3v) is 3.96. The van der Waals surface area contributed by atoms with Crippen molar-refractivity contribution < 1.29 is 14.7 Å². The maximum Gasteiger partial charge on any atom is 0.225 e. The number of hydrogen-bond acceptors (Lipinski definition) is 4. The number of piperidine rings is 1. The average Bonchev–Trinajstić information content (AvgIpc) is 2.47. The molecule has 0 aromatic heterocycles. The standard InChI is InChI=1S/C13H23N3O3/c14-13(15-18)11-6-1-3-7-16(11)12(17)9-10-5-2-4-8-19-10/h10-11,18H,1-9H2,(H2,14,15). The van der Waals surface area contributed by atoms with Crippen LogP contribution in [0.2, 0.25) is 0 Å². The Hall–Kier alpha value is -1.30. The molecule has 19 heavy (non-hydrogen) atoms. The summed E-state index contributed by atoms with van der Waals surface area (Å²) in [4.78, 5) is 14.1. The van der Waals surface area contributed by atoms with E-state index in [1.54, 1.807) is 4.90 Å². The van der Waals surface area contributed by atoms with Crippen LogP contribution in [0.3, 0.4) is 0 Å². The summed E-state index contributed by atoms with van der Waals surface area (Å²) in [6.07, 6.45) is 6.37. The van der Waals surface area contributed by atoms with Gasteiger partial charge in [0.05, 0.1) is 18.6 Å². The predicted molar refractivity (Wildman–Crippen MR) is 71.0 cm³/mol. The van der Waals surface area contributed by atoms with Gasteiger partial charge < -0.3 is 20.6 Å². The van der Waals surface area contributed by atoms with Crippen LogP contribution in [0.4, 0.5) is 0 Å². The van der Waals surface area contributed by atoms with E-state index in [1.165, 1.54) is 0 Å². The monoisotopic (exact) mass is 269 g/mol. The van der Waals surface area contributed by atoms with Crippen LogP contribution in [0.15, 0.2) is 5.16 Å². The summed E-state index contributed by atoms with van der Waals surface area (Å²) in [5.74, 6) is 0.195. The number of oxime groups is 1. The highest BCUT2D eigenvalue weighted by Crippen LogP contribution is 2.21. The minimum Gasteiger partial charge on any atom is -0.409 e. The summed E-state index contributed by atoms with van der Waals surface area (Å²) in [6, 6.07) is -0.255. The summed E-state index contributed by atoms with van der Waals surface area (Å²) in [5.41, 5.74) is 5.68. The van der Waals surface area contributed by atoms with E-state index in [9.17, 15) is 4.79 Å². The molecule has 108 valence electrons. The molecule has 0 saturated carbocycles. The zero-order chi connectivity index (χ0) is 13.7. The zero-order valence-electron chi connectivity index (χ0n) is 11.3. The van der Waals surface area contributed by atoms with Crippen LogP contribution in [0, 0.1) is 0 Å². The number of hydrogen-bond donors (Lipinski definition) is 2. The Bertz CT molecular complexity index is 340. The van der Waals surface area contributed by atoms with Gasteiger partial charge in [0, 0.05) is 13.2 Å². The first-order valence-corrected chi connectivity index (χ1v) is 7.11. The molecule has 0 radical (unpaired) electrons. The van der Waals surface area contributed by atoms with Crippen molar-refractivity contribution >= 4 is 11.7 Å². The molecule has 0 aliphatic carbocycles. The lowest BCUT2D eigenvalue weighted by Gasteiger charge is -2.36. The van der Waals surface area contributed by atoms with Crippen molar-refractivity contribution in [3.05, 3.63) is 0 Å². The van der Waals surface area contributed by atoms with Gasteiger partial charge in [-0.05, 0) is 38.5 Å². The van der Waals surface area contributed by atoms with E-state index in [0.717, 1.165) is 45.1 Å². The predicted octanol–water partition coefficient (Wildman–Crippen LogP) is 1.07. The highest BCUT2D eigenvalue weighted by atomic mass is 16.5. The van der Waals surface area contributed by atoms with Gasteiger partial charge in [-0.2, -0.15) is 0 Å². The minimum absolute atomic E-state index is 0.0381. The summed E-state index contributed by atoms with van der Waals surface area (Å²) in [7, 11) is 0. The van der Waals surface area contributed by atoms with Crippen molar-refractivity contribution in [1.29, 1.82) is 0 Å². The van der Waals surface area contributed by atoms with E-state index in [1.807, 2.05) is 0 Å². The van der Waals surface area contributed by atoms with Gasteiger partial charge in [-0.25, -0.2) is 0 Å². The third-order valence-electron chi connectivity index (χ3n) is 3.96. The largest absolute Gasteiger partial charge is 0.409 e. The van der Waals surface area contributed by atoms with Crippen molar-refractivity contribution in [2.24, 2.45) is 10.9 Å². The Balaban J connectivity index is 1.94. The van der Waals surface area contributed by atoms with Gasteiger partial charge in [0.25, 0.3) is 0 Å². The fraction of sp³-hybridized carbons (Fsp3) is 0.846. The summed E-state index contributed by atoms with van der Waals surface area (Å²) in [6.45, 7) is 1.44. The molecule has 0 spiro atoms. The number of nitrogens with zero attached hydrogens (tertiary/aromatic N) is 2. The van der Waals surface area contributed by atoms with Crippen LogP contribution in [0.1, 0.15) is 44.9 Å². The van der Waals surface area contributed by atoms with Crippen LogP contribution >= 0.6 is 0 Å². The Morgan fingerprint density at radius 3 is 2.79 bits per heavy atom. The van der Waals surface area contributed by atoms with E-state index in [-0.39, 0.29) is 23.9 Å². The van der Waals surface area contributed by atoms with E-state index >= 15 is 0 Å². The molecular formula is C13H23N3O3. The number of carbonyl (C=O) groups excluding carboxylic acids is 1. The Kier molecular flexibility index (Phi) is 5.01. The van der Waals surface area contributed by atoms with Crippen LogP contribution in [0.25, 0.3) is 0 Å². The number of rotatable bonds is 3. The fourth-order valence-electron chi connectivity index (χ4n) is 2.88. The fourth-order valence-corrected chi connectivity index (χ4v) is 2.88. The summed E-state index contributed by atoms with van der Waals surface area (Å²) < 4.78 is 5.60. The van der Waals surface area contributed by atoms with Crippen molar-refractivity contribution in [3.63, 3.8) is 0 Å². The molecule has 2 heterocycles. The second kappa shape index (κ2) is 6.75. The molecule has 6 heteroatoms. The molecule has 2 unspecified atom stereocenters. The van der Waals surface area contributed by atoms with Crippen molar-refractivity contribution in [2.75, 3.05) is 13.2 Å². The summed E-state index contributed by atoms with van der Waals surface area (Å²) >= 11 is 0. The van der Waals surface area contributed by atoms with Gasteiger partial charge >= 0.3 is 0 Å². The van der Waals surface area contributed by atoms with Gasteiger partial charge in [0.2, 0.25) is 5.91 Å². The Morgan fingerprint density at radius 2 is 2.11 bits per heavy atom. The first-order valence-electron chi connectivity index (χ1n) is 7.11. The minimum atomic E-state index is -0.255. The number of amides is 1. The molecule has 2 atom stereocenters.